The molecule has 0 aliphatic carbocycles. The van der Waals surface area contributed by atoms with Gasteiger partial charge in [0.1, 0.15) is 0 Å². The summed E-state index contributed by atoms with van der Waals surface area (Å²) < 4.78 is 37.6. The van der Waals surface area contributed by atoms with Crippen molar-refractivity contribution < 1.29 is 18.0 Å². The molecule has 0 saturated carbocycles. The van der Waals surface area contributed by atoms with Crippen molar-refractivity contribution in [2.45, 2.75) is 6.18 Å². The lowest BCUT2D eigenvalue weighted by Gasteiger charge is -2.13. The van der Waals surface area contributed by atoms with Crippen LogP contribution in [0.25, 0.3) is 0 Å². The molecule has 0 radical (unpaired) electrons. The summed E-state index contributed by atoms with van der Waals surface area (Å²) in [4.78, 5) is 13.0. The standard InChI is InChI=1S/C11H14F3N3O/c1-17(2)6-10(18)16-9-4-7(11(12,13)14)3-8(15)5-9/h3-5H,6,15H2,1-2H3,(H,16,18). The summed E-state index contributed by atoms with van der Waals surface area (Å²) in [5, 5.41) is 2.37. The van der Waals surface area contributed by atoms with Crippen molar-refractivity contribution in [1.29, 1.82) is 0 Å². The van der Waals surface area contributed by atoms with E-state index in [0.29, 0.717) is 0 Å². The smallest absolute Gasteiger partial charge is 0.399 e. The quantitative estimate of drug-likeness (QED) is 0.815. The summed E-state index contributed by atoms with van der Waals surface area (Å²) in [6, 6.07) is 2.95. The van der Waals surface area contributed by atoms with Crippen LogP contribution >= 0.6 is 0 Å². The highest BCUT2D eigenvalue weighted by Crippen LogP contribution is 2.32. The first kappa shape index (κ1) is 14.3. The van der Waals surface area contributed by atoms with Gasteiger partial charge in [0.15, 0.2) is 0 Å². The van der Waals surface area contributed by atoms with Gasteiger partial charge in [-0.15, -0.1) is 0 Å². The topological polar surface area (TPSA) is 58.4 Å². The van der Waals surface area contributed by atoms with Crippen LogP contribution in [-0.4, -0.2) is 31.4 Å². The molecule has 1 aromatic carbocycles. The van der Waals surface area contributed by atoms with Crippen LogP contribution in [0.3, 0.4) is 0 Å². The first-order valence-corrected chi connectivity index (χ1v) is 5.11. The number of carbonyl (C=O) groups excluding carboxylic acids is 1. The van der Waals surface area contributed by atoms with Crippen LogP contribution in [0.4, 0.5) is 24.5 Å². The van der Waals surface area contributed by atoms with Gasteiger partial charge in [0.05, 0.1) is 12.1 Å². The maximum Gasteiger partial charge on any atom is 0.416 e. The number of nitrogen functional groups attached to an aromatic ring is 1. The Balaban J connectivity index is 2.90. The minimum absolute atomic E-state index is 0.0363. The van der Waals surface area contributed by atoms with Gasteiger partial charge in [0.25, 0.3) is 0 Å². The number of hydrogen-bond acceptors (Lipinski definition) is 3. The molecule has 0 spiro atoms. The van der Waals surface area contributed by atoms with Crippen molar-refractivity contribution in [2.75, 3.05) is 31.7 Å². The van der Waals surface area contributed by atoms with Crippen molar-refractivity contribution in [3.8, 4) is 0 Å². The van der Waals surface area contributed by atoms with E-state index in [2.05, 4.69) is 5.32 Å². The monoisotopic (exact) mass is 261 g/mol. The fourth-order valence-electron chi connectivity index (χ4n) is 1.38. The molecule has 1 rings (SSSR count). The molecule has 0 aliphatic heterocycles. The second kappa shape index (κ2) is 5.26. The SMILES string of the molecule is CN(C)CC(=O)Nc1cc(N)cc(C(F)(F)F)c1. The Bertz CT molecular complexity index is 444. The summed E-state index contributed by atoms with van der Waals surface area (Å²) in [5.41, 5.74) is 4.47. The average Bonchev–Trinajstić information content (AvgIpc) is 2.13. The predicted octanol–water partition coefficient (Wildman–Crippen LogP) is 1.79. The number of benzene rings is 1. The summed E-state index contributed by atoms with van der Waals surface area (Å²) >= 11 is 0. The van der Waals surface area contributed by atoms with Gasteiger partial charge in [-0.05, 0) is 32.3 Å². The molecule has 3 N–H and O–H groups in total. The Morgan fingerprint density at radius 2 is 1.94 bits per heavy atom. The Morgan fingerprint density at radius 3 is 2.44 bits per heavy atom. The fraction of sp³-hybridized carbons (Fsp3) is 0.364. The summed E-state index contributed by atoms with van der Waals surface area (Å²) in [6.45, 7) is 0.0795. The van der Waals surface area contributed by atoms with E-state index in [9.17, 15) is 18.0 Å². The third kappa shape index (κ3) is 4.25. The zero-order chi connectivity index (χ0) is 13.9. The van der Waals surface area contributed by atoms with Gasteiger partial charge in [0, 0.05) is 11.4 Å². The van der Waals surface area contributed by atoms with Crippen LogP contribution < -0.4 is 11.1 Å². The van der Waals surface area contributed by atoms with Crippen LogP contribution in [0.1, 0.15) is 5.56 Å². The number of carbonyl (C=O) groups is 1. The van der Waals surface area contributed by atoms with E-state index in [1.54, 1.807) is 19.0 Å². The lowest BCUT2D eigenvalue weighted by molar-refractivity contribution is -0.137. The number of amides is 1. The predicted molar refractivity (Wildman–Crippen MR) is 63.0 cm³/mol. The molecule has 0 bridgehead atoms. The number of hydrogen-bond donors (Lipinski definition) is 2. The largest absolute Gasteiger partial charge is 0.416 e. The summed E-state index contributed by atoms with van der Waals surface area (Å²) in [5.74, 6) is -0.404. The highest BCUT2D eigenvalue weighted by Gasteiger charge is 2.31. The van der Waals surface area contributed by atoms with Crippen LogP contribution in [0.15, 0.2) is 18.2 Å². The molecule has 1 aromatic rings. The number of likely N-dealkylation sites (N-methyl/N-ethyl adjacent to an activating group) is 1. The number of rotatable bonds is 3. The highest BCUT2D eigenvalue weighted by atomic mass is 19.4. The van der Waals surface area contributed by atoms with Gasteiger partial charge in [-0.25, -0.2) is 0 Å². The number of anilines is 2. The van der Waals surface area contributed by atoms with Crippen LogP contribution in [-0.2, 0) is 11.0 Å². The second-order valence-electron chi connectivity index (χ2n) is 4.13. The zero-order valence-corrected chi connectivity index (χ0v) is 10.0. The van der Waals surface area contributed by atoms with Crippen molar-refractivity contribution in [3.05, 3.63) is 23.8 Å². The Kier molecular flexibility index (Phi) is 4.18. The maximum atomic E-state index is 12.5. The first-order valence-electron chi connectivity index (χ1n) is 5.11. The zero-order valence-electron chi connectivity index (χ0n) is 10.0. The Morgan fingerprint density at radius 1 is 1.33 bits per heavy atom. The summed E-state index contributed by atoms with van der Waals surface area (Å²) in [7, 11) is 3.36. The molecular formula is C11H14F3N3O. The lowest BCUT2D eigenvalue weighted by Crippen LogP contribution is -2.27. The minimum atomic E-state index is -4.49. The van der Waals surface area contributed by atoms with E-state index in [1.807, 2.05) is 0 Å². The molecule has 1 amide bonds. The van der Waals surface area contributed by atoms with E-state index in [4.69, 9.17) is 5.73 Å². The number of halogens is 3. The molecule has 0 atom stereocenters. The van der Waals surface area contributed by atoms with Gasteiger partial charge in [-0.3, -0.25) is 4.79 Å². The lowest BCUT2D eigenvalue weighted by atomic mass is 10.1. The van der Waals surface area contributed by atoms with Gasteiger partial charge in [0.2, 0.25) is 5.91 Å². The van der Waals surface area contributed by atoms with Crippen LogP contribution in [0.2, 0.25) is 0 Å². The number of alkyl halides is 3. The van der Waals surface area contributed by atoms with Crippen molar-refractivity contribution in [1.82, 2.24) is 4.90 Å². The van der Waals surface area contributed by atoms with E-state index in [0.717, 1.165) is 12.1 Å². The summed E-state index contributed by atoms with van der Waals surface area (Å²) in [6.07, 6.45) is -4.49. The van der Waals surface area contributed by atoms with Crippen molar-refractivity contribution in [3.63, 3.8) is 0 Å². The first-order chi connectivity index (χ1) is 8.18. The van der Waals surface area contributed by atoms with Gasteiger partial charge in [-0.1, -0.05) is 0 Å². The number of nitrogens with two attached hydrogens (primary N) is 1. The third-order valence-corrected chi connectivity index (χ3v) is 2.03. The van der Waals surface area contributed by atoms with Gasteiger partial charge < -0.3 is 16.0 Å². The van der Waals surface area contributed by atoms with E-state index in [1.165, 1.54) is 6.07 Å². The molecule has 0 unspecified atom stereocenters. The Hall–Kier alpha value is -1.76. The minimum Gasteiger partial charge on any atom is -0.399 e. The molecule has 18 heavy (non-hydrogen) atoms. The number of nitrogens with zero attached hydrogens (tertiary/aromatic N) is 1. The van der Waals surface area contributed by atoms with E-state index in [-0.39, 0.29) is 17.9 Å². The highest BCUT2D eigenvalue weighted by molar-refractivity contribution is 5.92. The molecule has 0 saturated heterocycles. The van der Waals surface area contributed by atoms with Crippen LogP contribution in [0.5, 0.6) is 0 Å². The molecule has 4 nitrogen and oxygen atoms in total. The maximum absolute atomic E-state index is 12.5. The van der Waals surface area contributed by atoms with Gasteiger partial charge >= 0.3 is 6.18 Å². The molecule has 7 heteroatoms. The molecule has 0 aromatic heterocycles. The third-order valence-electron chi connectivity index (χ3n) is 2.03. The van der Waals surface area contributed by atoms with E-state index >= 15 is 0 Å². The second-order valence-corrected chi connectivity index (χ2v) is 4.13. The normalized spacial score (nSPS) is 11.7. The van der Waals surface area contributed by atoms with Crippen molar-refractivity contribution >= 4 is 17.3 Å². The molecule has 0 heterocycles. The van der Waals surface area contributed by atoms with Gasteiger partial charge in [-0.2, -0.15) is 13.2 Å². The molecule has 0 fully saturated rings. The Labute approximate surface area is 103 Å². The molecule has 0 aliphatic rings. The fourth-order valence-corrected chi connectivity index (χ4v) is 1.38. The average molecular weight is 261 g/mol. The van der Waals surface area contributed by atoms with Crippen LogP contribution in [0, 0.1) is 0 Å². The number of nitrogens with one attached hydrogen (secondary N) is 1. The van der Waals surface area contributed by atoms with E-state index < -0.39 is 17.6 Å². The molecule has 100 valence electrons. The van der Waals surface area contributed by atoms with Crippen molar-refractivity contribution in [2.24, 2.45) is 0 Å². The molecular weight excluding hydrogens is 247 g/mol.